The van der Waals surface area contributed by atoms with Gasteiger partial charge in [-0.25, -0.2) is 0 Å². The number of halogens is 2. The SMILES string of the molecule is CC1(C(=O)OCC(=O)c2ccc(Br)cc2)CCC(C(=O)OCC(=O)c2ccc(Br)cc2)C1(C)C. The van der Waals surface area contributed by atoms with E-state index in [2.05, 4.69) is 31.9 Å². The first-order valence-electron chi connectivity index (χ1n) is 10.9. The second-order valence-corrected chi connectivity index (χ2v) is 11.0. The van der Waals surface area contributed by atoms with Gasteiger partial charge in [0.05, 0.1) is 11.3 Å². The minimum Gasteiger partial charge on any atom is -0.457 e. The standard InChI is InChI=1S/C26H26Br2O6/c1-25(2)20(23(31)33-14-21(29)16-4-8-18(27)9-5-16)12-13-26(25,3)24(32)34-15-22(30)17-6-10-19(28)11-7-17/h4-11,20H,12-15H2,1-3H3. The molecule has 2 atom stereocenters. The molecule has 180 valence electrons. The van der Waals surface area contributed by atoms with E-state index in [1.807, 2.05) is 13.8 Å². The van der Waals surface area contributed by atoms with Crippen LogP contribution in [0.4, 0.5) is 0 Å². The zero-order valence-corrected chi connectivity index (χ0v) is 22.4. The molecule has 0 amide bonds. The van der Waals surface area contributed by atoms with Crippen LogP contribution in [0.25, 0.3) is 0 Å². The number of ketones is 2. The normalized spacial score (nSPS) is 21.0. The monoisotopic (exact) mass is 592 g/mol. The van der Waals surface area contributed by atoms with Crippen LogP contribution in [0, 0.1) is 16.7 Å². The number of carbonyl (C=O) groups excluding carboxylic acids is 4. The highest BCUT2D eigenvalue weighted by Crippen LogP contribution is 2.56. The predicted octanol–water partition coefficient (Wildman–Crippen LogP) is 5.81. The Kier molecular flexibility index (Phi) is 8.14. The van der Waals surface area contributed by atoms with Gasteiger partial charge >= 0.3 is 11.9 Å². The second kappa shape index (κ2) is 10.5. The lowest BCUT2D eigenvalue weighted by Gasteiger charge is -2.38. The van der Waals surface area contributed by atoms with Gasteiger partial charge in [-0.3, -0.25) is 19.2 Å². The van der Waals surface area contributed by atoms with Crippen LogP contribution in [0.15, 0.2) is 57.5 Å². The summed E-state index contributed by atoms with van der Waals surface area (Å²) in [7, 11) is 0. The Bertz CT molecular complexity index is 1090. The third-order valence-corrected chi connectivity index (χ3v) is 8.03. The number of carbonyl (C=O) groups is 4. The summed E-state index contributed by atoms with van der Waals surface area (Å²) in [5, 5.41) is 0. The molecule has 1 aliphatic carbocycles. The highest BCUT2D eigenvalue weighted by molar-refractivity contribution is 9.10. The van der Waals surface area contributed by atoms with Crippen molar-refractivity contribution in [2.75, 3.05) is 13.2 Å². The first-order chi connectivity index (χ1) is 16.0. The fourth-order valence-electron chi connectivity index (χ4n) is 4.24. The van der Waals surface area contributed by atoms with E-state index in [1.165, 1.54) is 0 Å². The van der Waals surface area contributed by atoms with Crippen molar-refractivity contribution in [3.8, 4) is 0 Å². The fraction of sp³-hybridized carbons (Fsp3) is 0.385. The predicted molar refractivity (Wildman–Crippen MR) is 133 cm³/mol. The van der Waals surface area contributed by atoms with Crippen LogP contribution in [0.1, 0.15) is 54.3 Å². The Hall–Kier alpha value is -2.32. The molecule has 1 saturated carbocycles. The molecule has 1 aliphatic rings. The number of Topliss-reactive ketones (excluding diaryl/α,β-unsaturated/α-hetero) is 2. The van der Waals surface area contributed by atoms with Gasteiger partial charge in [0.25, 0.3) is 0 Å². The maximum Gasteiger partial charge on any atom is 0.312 e. The van der Waals surface area contributed by atoms with Gasteiger partial charge in [0.1, 0.15) is 0 Å². The van der Waals surface area contributed by atoms with Crippen molar-refractivity contribution in [3.05, 3.63) is 68.6 Å². The zero-order valence-electron chi connectivity index (χ0n) is 19.2. The minimum absolute atomic E-state index is 0.301. The molecule has 2 aromatic rings. The molecule has 0 radical (unpaired) electrons. The van der Waals surface area contributed by atoms with E-state index in [0.29, 0.717) is 24.0 Å². The summed E-state index contributed by atoms with van der Waals surface area (Å²) in [6.45, 7) is 4.65. The van der Waals surface area contributed by atoms with E-state index in [0.717, 1.165) is 8.95 Å². The van der Waals surface area contributed by atoms with Crippen molar-refractivity contribution in [1.82, 2.24) is 0 Å². The molecule has 0 N–H and O–H groups in total. The molecule has 3 rings (SSSR count). The molecular formula is C26H26Br2O6. The van der Waals surface area contributed by atoms with Crippen molar-refractivity contribution >= 4 is 55.4 Å². The molecule has 6 nitrogen and oxygen atoms in total. The number of rotatable bonds is 8. The summed E-state index contributed by atoms with van der Waals surface area (Å²) in [6, 6.07) is 13.6. The summed E-state index contributed by atoms with van der Waals surface area (Å²) < 4.78 is 12.4. The molecule has 34 heavy (non-hydrogen) atoms. The van der Waals surface area contributed by atoms with Crippen LogP contribution in [0.5, 0.6) is 0 Å². The minimum atomic E-state index is -0.980. The average molecular weight is 594 g/mol. The summed E-state index contributed by atoms with van der Waals surface area (Å²) in [5.41, 5.74) is -0.871. The summed E-state index contributed by atoms with van der Waals surface area (Å²) in [5.74, 6) is -2.22. The molecule has 0 heterocycles. The Morgan fingerprint density at radius 3 is 1.71 bits per heavy atom. The number of hydrogen-bond donors (Lipinski definition) is 0. The fourth-order valence-corrected chi connectivity index (χ4v) is 4.77. The van der Waals surface area contributed by atoms with Gasteiger partial charge in [-0.1, -0.05) is 70.0 Å². The van der Waals surface area contributed by atoms with Crippen LogP contribution >= 0.6 is 31.9 Å². The van der Waals surface area contributed by atoms with Gasteiger partial charge < -0.3 is 9.47 Å². The Morgan fingerprint density at radius 2 is 1.24 bits per heavy atom. The Labute approximate surface area is 215 Å². The van der Waals surface area contributed by atoms with E-state index in [9.17, 15) is 19.2 Å². The van der Waals surface area contributed by atoms with Crippen molar-refractivity contribution in [2.45, 2.75) is 33.6 Å². The molecule has 2 unspecified atom stereocenters. The molecule has 0 aliphatic heterocycles. The molecule has 8 heteroatoms. The van der Waals surface area contributed by atoms with Gasteiger partial charge in [-0.2, -0.15) is 0 Å². The third-order valence-electron chi connectivity index (χ3n) is 6.97. The Morgan fingerprint density at radius 1 is 0.794 bits per heavy atom. The lowest BCUT2D eigenvalue weighted by molar-refractivity contribution is -0.164. The van der Waals surface area contributed by atoms with Crippen molar-refractivity contribution in [1.29, 1.82) is 0 Å². The number of benzene rings is 2. The first kappa shape index (κ1) is 26.3. The lowest BCUT2D eigenvalue weighted by atomic mass is 9.65. The number of hydrogen-bond acceptors (Lipinski definition) is 6. The van der Waals surface area contributed by atoms with Gasteiger partial charge in [-0.05, 0) is 49.4 Å². The summed E-state index contributed by atoms with van der Waals surface area (Å²) >= 11 is 6.63. The van der Waals surface area contributed by atoms with Gasteiger partial charge in [0, 0.05) is 20.1 Å². The van der Waals surface area contributed by atoms with E-state index in [4.69, 9.17) is 9.47 Å². The average Bonchev–Trinajstić information content (AvgIpc) is 3.06. The maximum absolute atomic E-state index is 13.0. The van der Waals surface area contributed by atoms with E-state index in [-0.39, 0.29) is 24.8 Å². The van der Waals surface area contributed by atoms with Crippen molar-refractivity contribution in [2.24, 2.45) is 16.7 Å². The van der Waals surface area contributed by atoms with Crippen LogP contribution in [0.3, 0.4) is 0 Å². The summed E-state index contributed by atoms with van der Waals surface area (Å²) in [4.78, 5) is 50.6. The van der Waals surface area contributed by atoms with Crippen molar-refractivity contribution in [3.63, 3.8) is 0 Å². The second-order valence-electron chi connectivity index (χ2n) is 9.19. The highest BCUT2D eigenvalue weighted by atomic mass is 79.9. The van der Waals surface area contributed by atoms with Crippen LogP contribution in [0.2, 0.25) is 0 Å². The molecular weight excluding hydrogens is 568 g/mol. The Balaban J connectivity index is 1.59. The molecule has 1 fully saturated rings. The van der Waals surface area contributed by atoms with Crippen LogP contribution < -0.4 is 0 Å². The topological polar surface area (TPSA) is 86.7 Å². The molecule has 0 saturated heterocycles. The van der Waals surface area contributed by atoms with E-state index < -0.39 is 28.7 Å². The largest absolute Gasteiger partial charge is 0.457 e. The molecule has 0 spiro atoms. The molecule has 0 bridgehead atoms. The van der Waals surface area contributed by atoms with Gasteiger partial charge in [0.2, 0.25) is 0 Å². The first-order valence-corrected chi connectivity index (χ1v) is 12.5. The molecule has 2 aromatic carbocycles. The third kappa shape index (κ3) is 5.49. The quantitative estimate of drug-likeness (QED) is 0.284. The number of ether oxygens (including phenoxy) is 2. The molecule has 0 aromatic heterocycles. The smallest absolute Gasteiger partial charge is 0.312 e. The van der Waals surface area contributed by atoms with Crippen LogP contribution in [-0.4, -0.2) is 36.7 Å². The summed E-state index contributed by atoms with van der Waals surface area (Å²) in [6.07, 6.45) is 0.830. The van der Waals surface area contributed by atoms with E-state index >= 15 is 0 Å². The lowest BCUT2D eigenvalue weighted by Crippen LogP contribution is -2.44. The van der Waals surface area contributed by atoms with Gasteiger partial charge in [-0.15, -0.1) is 0 Å². The number of esters is 2. The van der Waals surface area contributed by atoms with Gasteiger partial charge in [0.15, 0.2) is 24.8 Å². The highest BCUT2D eigenvalue weighted by Gasteiger charge is 2.59. The maximum atomic E-state index is 13.0. The zero-order chi connectivity index (χ0) is 25.1. The van der Waals surface area contributed by atoms with Crippen molar-refractivity contribution < 1.29 is 28.7 Å². The van der Waals surface area contributed by atoms with Crippen LogP contribution in [-0.2, 0) is 19.1 Å². The van der Waals surface area contributed by atoms with E-state index in [1.54, 1.807) is 55.5 Å².